The van der Waals surface area contributed by atoms with Gasteiger partial charge >= 0.3 is 0 Å². The van der Waals surface area contributed by atoms with Crippen LogP contribution in [0.2, 0.25) is 0 Å². The number of nitrogens with zero attached hydrogens (tertiary/aromatic N) is 2. The molecule has 2 aromatic rings. The zero-order chi connectivity index (χ0) is 17.7. The van der Waals surface area contributed by atoms with Crippen LogP contribution >= 0.6 is 0 Å². The summed E-state index contributed by atoms with van der Waals surface area (Å²) in [6.45, 7) is 9.07. The maximum absolute atomic E-state index is 12.4. The lowest BCUT2D eigenvalue weighted by Gasteiger charge is -2.08. The molecule has 6 nitrogen and oxygen atoms in total. The zero-order valence-corrected chi connectivity index (χ0v) is 14.6. The van der Waals surface area contributed by atoms with Crippen LogP contribution in [0.4, 0.5) is 5.69 Å². The Kier molecular flexibility index (Phi) is 5.73. The molecular weight excluding hydrogens is 304 g/mol. The molecule has 2 amide bonds. The Morgan fingerprint density at radius 2 is 2.00 bits per heavy atom. The van der Waals surface area contributed by atoms with Gasteiger partial charge in [-0.15, -0.1) is 0 Å². The topological polar surface area (TPSA) is 76.0 Å². The first-order valence-electron chi connectivity index (χ1n) is 8.14. The number of benzene rings is 1. The van der Waals surface area contributed by atoms with Crippen molar-refractivity contribution in [1.29, 1.82) is 0 Å². The van der Waals surface area contributed by atoms with E-state index in [0.29, 0.717) is 30.3 Å². The fourth-order valence-corrected chi connectivity index (χ4v) is 2.20. The Balaban J connectivity index is 2.21. The third kappa shape index (κ3) is 4.44. The SMILES string of the molecule is CCn1cc(NC(=O)c2cccc(C)c2)c(C(=O)NCC(C)C)n1. The first-order valence-corrected chi connectivity index (χ1v) is 8.14. The number of hydrogen-bond acceptors (Lipinski definition) is 3. The number of carbonyl (C=O) groups is 2. The normalized spacial score (nSPS) is 10.7. The summed E-state index contributed by atoms with van der Waals surface area (Å²) in [4.78, 5) is 24.8. The predicted molar refractivity (Wildman–Crippen MR) is 94.2 cm³/mol. The monoisotopic (exact) mass is 328 g/mol. The molecular formula is C18H24N4O2. The average Bonchev–Trinajstić information content (AvgIpc) is 2.95. The standard InChI is InChI=1S/C18H24N4O2/c1-5-22-11-15(16(21-22)18(24)19-10-12(2)3)20-17(23)14-8-6-7-13(4)9-14/h6-9,11-12H,5,10H2,1-4H3,(H,19,24)(H,20,23). The minimum absolute atomic E-state index is 0.235. The van der Waals surface area contributed by atoms with E-state index in [1.807, 2.05) is 39.8 Å². The number of aromatic nitrogens is 2. The summed E-state index contributed by atoms with van der Waals surface area (Å²) in [5.41, 5.74) is 2.21. The van der Waals surface area contributed by atoms with Gasteiger partial charge in [0.2, 0.25) is 0 Å². The van der Waals surface area contributed by atoms with Crippen molar-refractivity contribution in [2.75, 3.05) is 11.9 Å². The minimum Gasteiger partial charge on any atom is -0.350 e. The molecule has 0 saturated heterocycles. The lowest BCUT2D eigenvalue weighted by molar-refractivity contribution is 0.0944. The summed E-state index contributed by atoms with van der Waals surface area (Å²) >= 11 is 0. The Hall–Kier alpha value is -2.63. The van der Waals surface area contributed by atoms with E-state index in [4.69, 9.17) is 0 Å². The molecule has 1 aromatic carbocycles. The quantitative estimate of drug-likeness (QED) is 0.856. The Labute approximate surface area is 142 Å². The second-order valence-electron chi connectivity index (χ2n) is 6.17. The van der Waals surface area contributed by atoms with Gasteiger partial charge in [0.15, 0.2) is 5.69 Å². The van der Waals surface area contributed by atoms with E-state index in [1.54, 1.807) is 23.0 Å². The van der Waals surface area contributed by atoms with Crippen molar-refractivity contribution < 1.29 is 9.59 Å². The smallest absolute Gasteiger partial charge is 0.273 e. The van der Waals surface area contributed by atoms with E-state index in [0.717, 1.165) is 5.56 Å². The molecule has 1 aromatic heterocycles. The summed E-state index contributed by atoms with van der Waals surface area (Å²) in [6, 6.07) is 7.30. The number of anilines is 1. The van der Waals surface area contributed by atoms with E-state index in [1.165, 1.54) is 0 Å². The van der Waals surface area contributed by atoms with Crippen LogP contribution in [0.1, 0.15) is 47.2 Å². The van der Waals surface area contributed by atoms with Crippen LogP contribution in [-0.4, -0.2) is 28.1 Å². The van der Waals surface area contributed by atoms with E-state index in [2.05, 4.69) is 15.7 Å². The molecule has 0 aliphatic carbocycles. The molecule has 6 heteroatoms. The van der Waals surface area contributed by atoms with Gasteiger partial charge in [-0.3, -0.25) is 14.3 Å². The molecule has 2 rings (SSSR count). The lowest BCUT2D eigenvalue weighted by Crippen LogP contribution is -2.28. The van der Waals surface area contributed by atoms with Crippen LogP contribution in [0.25, 0.3) is 0 Å². The van der Waals surface area contributed by atoms with E-state index < -0.39 is 0 Å². The van der Waals surface area contributed by atoms with Gasteiger partial charge in [0.25, 0.3) is 11.8 Å². The van der Waals surface area contributed by atoms with Crippen molar-refractivity contribution >= 4 is 17.5 Å². The molecule has 128 valence electrons. The Morgan fingerprint density at radius 3 is 2.62 bits per heavy atom. The number of amides is 2. The van der Waals surface area contributed by atoms with Crippen LogP contribution in [0.5, 0.6) is 0 Å². The van der Waals surface area contributed by atoms with Gasteiger partial charge in [-0.25, -0.2) is 0 Å². The maximum atomic E-state index is 12.4. The van der Waals surface area contributed by atoms with Gasteiger partial charge in [0.05, 0.1) is 5.69 Å². The average molecular weight is 328 g/mol. The molecule has 24 heavy (non-hydrogen) atoms. The van der Waals surface area contributed by atoms with Crippen LogP contribution < -0.4 is 10.6 Å². The number of carbonyl (C=O) groups excluding carboxylic acids is 2. The van der Waals surface area contributed by atoms with Gasteiger partial charge in [-0.1, -0.05) is 31.5 Å². The summed E-state index contributed by atoms with van der Waals surface area (Å²) in [7, 11) is 0. The highest BCUT2D eigenvalue weighted by molar-refractivity contribution is 6.08. The largest absolute Gasteiger partial charge is 0.350 e. The lowest BCUT2D eigenvalue weighted by atomic mass is 10.1. The van der Waals surface area contributed by atoms with Crippen molar-refractivity contribution in [3.8, 4) is 0 Å². The summed E-state index contributed by atoms with van der Waals surface area (Å²) in [5.74, 6) is -0.199. The Morgan fingerprint density at radius 1 is 1.25 bits per heavy atom. The van der Waals surface area contributed by atoms with Crippen molar-refractivity contribution in [3.05, 3.63) is 47.3 Å². The predicted octanol–water partition coefficient (Wildman–Crippen LogP) is 2.85. The van der Waals surface area contributed by atoms with Crippen molar-refractivity contribution in [2.45, 2.75) is 34.2 Å². The number of nitrogens with one attached hydrogen (secondary N) is 2. The third-order valence-electron chi connectivity index (χ3n) is 3.50. The highest BCUT2D eigenvalue weighted by Gasteiger charge is 2.19. The van der Waals surface area contributed by atoms with Gasteiger partial charge < -0.3 is 10.6 Å². The summed E-state index contributed by atoms with van der Waals surface area (Å²) in [6.07, 6.45) is 1.68. The van der Waals surface area contributed by atoms with E-state index in [-0.39, 0.29) is 17.5 Å². The van der Waals surface area contributed by atoms with Gasteiger partial charge in [0, 0.05) is 24.8 Å². The van der Waals surface area contributed by atoms with Crippen molar-refractivity contribution in [2.24, 2.45) is 5.92 Å². The van der Waals surface area contributed by atoms with Gasteiger partial charge in [-0.2, -0.15) is 5.10 Å². The molecule has 0 atom stereocenters. The first-order chi connectivity index (χ1) is 11.4. The fourth-order valence-electron chi connectivity index (χ4n) is 2.20. The van der Waals surface area contributed by atoms with Crippen LogP contribution in [0, 0.1) is 12.8 Å². The third-order valence-corrected chi connectivity index (χ3v) is 3.50. The molecule has 0 unspecified atom stereocenters. The van der Waals surface area contributed by atoms with Crippen molar-refractivity contribution in [3.63, 3.8) is 0 Å². The molecule has 0 saturated carbocycles. The first kappa shape index (κ1) is 17.7. The van der Waals surface area contributed by atoms with Gasteiger partial charge in [-0.05, 0) is 31.9 Å². The molecule has 0 radical (unpaired) electrons. The number of rotatable bonds is 6. The highest BCUT2D eigenvalue weighted by Crippen LogP contribution is 2.16. The second kappa shape index (κ2) is 7.77. The molecule has 0 bridgehead atoms. The summed E-state index contributed by atoms with van der Waals surface area (Å²) < 4.78 is 1.64. The van der Waals surface area contributed by atoms with Crippen molar-refractivity contribution in [1.82, 2.24) is 15.1 Å². The molecule has 0 spiro atoms. The maximum Gasteiger partial charge on any atom is 0.273 e. The molecule has 0 aliphatic heterocycles. The van der Waals surface area contributed by atoms with Crippen LogP contribution in [0.3, 0.4) is 0 Å². The molecule has 1 heterocycles. The van der Waals surface area contributed by atoms with E-state index in [9.17, 15) is 9.59 Å². The molecule has 0 fully saturated rings. The molecule has 0 aliphatic rings. The second-order valence-corrected chi connectivity index (χ2v) is 6.17. The highest BCUT2D eigenvalue weighted by atomic mass is 16.2. The van der Waals surface area contributed by atoms with Gasteiger partial charge in [0.1, 0.15) is 0 Å². The zero-order valence-electron chi connectivity index (χ0n) is 14.6. The fraction of sp³-hybridized carbons (Fsp3) is 0.389. The minimum atomic E-state index is -0.282. The Bertz CT molecular complexity index is 734. The van der Waals surface area contributed by atoms with E-state index >= 15 is 0 Å². The van der Waals surface area contributed by atoms with Crippen LogP contribution in [-0.2, 0) is 6.54 Å². The summed E-state index contributed by atoms with van der Waals surface area (Å²) in [5, 5.41) is 9.89. The molecule has 2 N–H and O–H groups in total. The number of hydrogen-bond donors (Lipinski definition) is 2. The number of aryl methyl sites for hydroxylation is 2. The van der Waals surface area contributed by atoms with Crippen LogP contribution in [0.15, 0.2) is 30.5 Å².